The highest BCUT2D eigenvalue weighted by atomic mass is 32.1. The molecule has 0 spiro atoms. The summed E-state index contributed by atoms with van der Waals surface area (Å²) in [6, 6.07) is 0. The van der Waals surface area contributed by atoms with Crippen molar-refractivity contribution in [2.75, 3.05) is 0 Å². The van der Waals surface area contributed by atoms with E-state index in [9.17, 15) is 0 Å². The van der Waals surface area contributed by atoms with Crippen molar-refractivity contribution < 1.29 is 0 Å². The zero-order valence-electron chi connectivity index (χ0n) is 9.21. The largest absolute Gasteiger partial charge is 0.375 e. The molecule has 15 heavy (non-hydrogen) atoms. The van der Waals surface area contributed by atoms with Crippen LogP contribution in [0.15, 0.2) is 28.9 Å². The summed E-state index contributed by atoms with van der Waals surface area (Å²) in [5.74, 6) is 0.487. The van der Waals surface area contributed by atoms with Gasteiger partial charge in [-0.2, -0.15) is 5.10 Å². The number of nitrogens with zero attached hydrogens (tertiary/aromatic N) is 1. The van der Waals surface area contributed by atoms with Gasteiger partial charge in [-0.3, -0.25) is 5.43 Å². The molecular formula is C11H17N3S. The zero-order valence-corrected chi connectivity index (χ0v) is 10.0. The molecule has 1 atom stereocenters. The molecule has 3 nitrogen and oxygen atoms in total. The Morgan fingerprint density at radius 3 is 2.93 bits per heavy atom. The van der Waals surface area contributed by atoms with Crippen molar-refractivity contribution in [1.82, 2.24) is 5.43 Å². The molecule has 0 aromatic heterocycles. The molecule has 0 aliphatic heterocycles. The second-order valence-corrected chi connectivity index (χ2v) is 4.34. The van der Waals surface area contributed by atoms with Gasteiger partial charge in [0, 0.05) is 0 Å². The molecule has 3 N–H and O–H groups in total. The van der Waals surface area contributed by atoms with Crippen LogP contribution < -0.4 is 11.2 Å². The molecule has 0 saturated heterocycles. The maximum Gasteiger partial charge on any atom is 0.184 e. The number of nitrogens with one attached hydrogen (secondary N) is 1. The fraction of sp³-hybridized carbons (Fsp3) is 0.455. The van der Waals surface area contributed by atoms with Crippen molar-refractivity contribution in [3.63, 3.8) is 0 Å². The number of rotatable bonds is 2. The Labute approximate surface area is 96.1 Å². The molecule has 1 rings (SSSR count). The van der Waals surface area contributed by atoms with Crippen molar-refractivity contribution in [3.8, 4) is 0 Å². The van der Waals surface area contributed by atoms with E-state index in [1.807, 2.05) is 0 Å². The molecule has 0 bridgehead atoms. The lowest BCUT2D eigenvalue weighted by Gasteiger charge is -2.22. The quantitative estimate of drug-likeness (QED) is 0.428. The van der Waals surface area contributed by atoms with Gasteiger partial charge in [-0.05, 0) is 50.4 Å². The monoisotopic (exact) mass is 223 g/mol. The Kier molecular flexibility index (Phi) is 4.03. The number of nitrogens with two attached hydrogens (primary N) is 1. The first-order valence-electron chi connectivity index (χ1n) is 4.95. The van der Waals surface area contributed by atoms with Crippen LogP contribution in [0.4, 0.5) is 0 Å². The van der Waals surface area contributed by atoms with E-state index in [2.05, 4.69) is 37.0 Å². The Hall–Kier alpha value is -1.16. The first-order chi connectivity index (χ1) is 7.00. The van der Waals surface area contributed by atoms with Crippen LogP contribution in [-0.2, 0) is 0 Å². The molecule has 0 amide bonds. The van der Waals surface area contributed by atoms with Crippen LogP contribution in [0.1, 0.15) is 26.7 Å². The lowest BCUT2D eigenvalue weighted by atomic mass is 9.85. The lowest BCUT2D eigenvalue weighted by molar-refractivity contribution is 0.637. The Morgan fingerprint density at radius 1 is 1.73 bits per heavy atom. The molecule has 0 unspecified atom stereocenters. The average Bonchev–Trinajstić information content (AvgIpc) is 2.16. The van der Waals surface area contributed by atoms with E-state index in [0.717, 1.165) is 18.6 Å². The predicted molar refractivity (Wildman–Crippen MR) is 68.7 cm³/mol. The fourth-order valence-electron chi connectivity index (χ4n) is 1.55. The van der Waals surface area contributed by atoms with E-state index in [1.54, 1.807) is 0 Å². The Bertz CT molecular complexity index is 342. The molecular weight excluding hydrogens is 206 g/mol. The van der Waals surface area contributed by atoms with E-state index >= 15 is 0 Å². The number of hydrogen-bond acceptors (Lipinski definition) is 2. The SMILES string of the molecule is C=C(C)[C@@H]1CC=C(C)/C(=N/NC(N)=S)C1. The van der Waals surface area contributed by atoms with Crippen LogP contribution in [0.3, 0.4) is 0 Å². The molecule has 0 radical (unpaired) electrons. The van der Waals surface area contributed by atoms with Crippen LogP contribution in [0.5, 0.6) is 0 Å². The van der Waals surface area contributed by atoms with E-state index in [-0.39, 0.29) is 5.11 Å². The van der Waals surface area contributed by atoms with Crippen molar-refractivity contribution in [3.05, 3.63) is 23.8 Å². The molecule has 4 heteroatoms. The Balaban J connectivity index is 2.75. The van der Waals surface area contributed by atoms with E-state index < -0.39 is 0 Å². The minimum absolute atomic E-state index is 0.202. The third kappa shape index (κ3) is 3.47. The van der Waals surface area contributed by atoms with Crippen molar-refractivity contribution in [2.45, 2.75) is 26.7 Å². The summed E-state index contributed by atoms with van der Waals surface area (Å²) in [6.45, 7) is 8.08. The van der Waals surface area contributed by atoms with Gasteiger partial charge in [0.25, 0.3) is 0 Å². The van der Waals surface area contributed by atoms with Crippen molar-refractivity contribution in [1.29, 1.82) is 0 Å². The second kappa shape index (κ2) is 5.07. The van der Waals surface area contributed by atoms with Crippen LogP contribution >= 0.6 is 12.2 Å². The van der Waals surface area contributed by atoms with Gasteiger partial charge in [0.05, 0.1) is 5.71 Å². The molecule has 82 valence electrons. The van der Waals surface area contributed by atoms with Crippen molar-refractivity contribution >= 4 is 23.0 Å². The second-order valence-electron chi connectivity index (χ2n) is 3.90. The van der Waals surface area contributed by atoms with Crippen LogP contribution in [0.25, 0.3) is 0 Å². The summed E-state index contributed by atoms with van der Waals surface area (Å²) >= 11 is 4.71. The first-order valence-corrected chi connectivity index (χ1v) is 5.36. The van der Waals surface area contributed by atoms with Gasteiger partial charge < -0.3 is 5.73 Å². The summed E-state index contributed by atoms with van der Waals surface area (Å²) in [5, 5.41) is 4.39. The van der Waals surface area contributed by atoms with E-state index in [0.29, 0.717) is 5.92 Å². The predicted octanol–water partition coefficient (Wildman–Crippen LogP) is 2.11. The molecule has 0 saturated carbocycles. The molecule has 0 fully saturated rings. The highest BCUT2D eigenvalue weighted by molar-refractivity contribution is 7.80. The van der Waals surface area contributed by atoms with Gasteiger partial charge in [-0.25, -0.2) is 0 Å². The maximum atomic E-state index is 5.33. The lowest BCUT2D eigenvalue weighted by Crippen LogP contribution is -2.27. The number of thiocarbonyl (C=S) groups is 1. The average molecular weight is 223 g/mol. The van der Waals surface area contributed by atoms with Gasteiger partial charge in [0.15, 0.2) is 5.11 Å². The standard InChI is InChI=1S/C11H17N3S/c1-7(2)9-5-4-8(3)10(6-9)13-14-11(12)15/h4,9H,1,5-6H2,2-3H3,(H3,12,14,15)/b13-10+/t9-/m1/s1. The molecule has 1 aliphatic carbocycles. The van der Waals surface area contributed by atoms with Gasteiger partial charge in [0.2, 0.25) is 0 Å². The smallest absolute Gasteiger partial charge is 0.184 e. The first kappa shape index (κ1) is 11.9. The number of hydrogen-bond donors (Lipinski definition) is 2. The molecule has 0 heterocycles. The summed E-state index contributed by atoms with van der Waals surface area (Å²) in [4.78, 5) is 0. The summed E-state index contributed by atoms with van der Waals surface area (Å²) in [7, 11) is 0. The third-order valence-electron chi connectivity index (χ3n) is 2.60. The van der Waals surface area contributed by atoms with E-state index in [1.165, 1.54) is 11.1 Å². The third-order valence-corrected chi connectivity index (χ3v) is 2.69. The topological polar surface area (TPSA) is 50.4 Å². The van der Waals surface area contributed by atoms with Crippen LogP contribution in [-0.4, -0.2) is 10.8 Å². The summed E-state index contributed by atoms with van der Waals surface area (Å²) in [5.41, 5.74) is 11.4. The van der Waals surface area contributed by atoms with Crippen LogP contribution in [0, 0.1) is 5.92 Å². The zero-order chi connectivity index (χ0) is 11.4. The number of hydrazone groups is 1. The fourth-order valence-corrected chi connectivity index (χ4v) is 1.59. The molecule has 1 aliphatic rings. The van der Waals surface area contributed by atoms with Gasteiger partial charge >= 0.3 is 0 Å². The van der Waals surface area contributed by atoms with Gasteiger partial charge in [-0.1, -0.05) is 18.2 Å². The maximum absolute atomic E-state index is 5.33. The molecule has 0 aromatic rings. The van der Waals surface area contributed by atoms with Crippen molar-refractivity contribution in [2.24, 2.45) is 16.8 Å². The van der Waals surface area contributed by atoms with Gasteiger partial charge in [-0.15, -0.1) is 0 Å². The Morgan fingerprint density at radius 2 is 2.40 bits per heavy atom. The summed E-state index contributed by atoms with van der Waals surface area (Å²) < 4.78 is 0. The highest BCUT2D eigenvalue weighted by Gasteiger charge is 2.18. The minimum Gasteiger partial charge on any atom is -0.375 e. The minimum atomic E-state index is 0.202. The van der Waals surface area contributed by atoms with Gasteiger partial charge in [0.1, 0.15) is 0 Å². The van der Waals surface area contributed by atoms with Crippen LogP contribution in [0.2, 0.25) is 0 Å². The molecule has 0 aromatic carbocycles. The highest BCUT2D eigenvalue weighted by Crippen LogP contribution is 2.26. The summed E-state index contributed by atoms with van der Waals surface area (Å²) in [6.07, 6.45) is 4.14. The number of allylic oxidation sites excluding steroid dienone is 3. The van der Waals surface area contributed by atoms with E-state index in [4.69, 9.17) is 18.0 Å². The normalized spacial score (nSPS) is 23.5.